The molecule has 0 saturated carbocycles. The lowest BCUT2D eigenvalue weighted by Gasteiger charge is -2.23. The predicted molar refractivity (Wildman–Crippen MR) is 54.5 cm³/mol. The normalized spacial score (nSPS) is 14.0. The van der Waals surface area contributed by atoms with Crippen LogP contribution in [0.5, 0.6) is 0 Å². The first-order valence-corrected chi connectivity index (χ1v) is 5.30. The van der Waals surface area contributed by atoms with E-state index in [1.54, 1.807) is 0 Å². The summed E-state index contributed by atoms with van der Waals surface area (Å²) in [6.07, 6.45) is -27.7. The Morgan fingerprint density at radius 3 is 0.864 bits per heavy atom. The topological polar surface area (TPSA) is 0 Å². The summed E-state index contributed by atoms with van der Waals surface area (Å²) in [5.74, 6) is 0. The number of halogens is 12. The van der Waals surface area contributed by atoms with Crippen molar-refractivity contribution >= 4 is 13.4 Å². The van der Waals surface area contributed by atoms with E-state index in [1.165, 1.54) is 0 Å². The largest absolute Gasteiger partial charge is 0.404 e. The van der Waals surface area contributed by atoms with E-state index in [9.17, 15) is 52.7 Å². The van der Waals surface area contributed by atoms with E-state index >= 15 is 0 Å². The summed E-state index contributed by atoms with van der Waals surface area (Å²) in [6.45, 7) is -5.66. The highest BCUT2D eigenvalue weighted by Gasteiger charge is 2.63. The Morgan fingerprint density at radius 2 is 0.727 bits per heavy atom. The number of hydrogen-bond acceptors (Lipinski definition) is 0. The fraction of sp³-hybridized carbons (Fsp3) is 0.750. The van der Waals surface area contributed by atoms with Crippen molar-refractivity contribution in [1.29, 1.82) is 0 Å². The molecule has 0 aliphatic rings. The van der Waals surface area contributed by atoms with E-state index in [1.807, 2.05) is 0 Å². The minimum atomic E-state index is -5.87. The van der Waals surface area contributed by atoms with Crippen molar-refractivity contribution in [2.75, 3.05) is 0 Å². The SMILES string of the molecule is C=C(CB(C(F)(F)F)C(F)(F)F)CB(C(F)(F)F)C(F)(F)F. The first-order chi connectivity index (χ1) is 9.37. The van der Waals surface area contributed by atoms with Gasteiger partial charge in [0, 0.05) is 0 Å². The summed E-state index contributed by atoms with van der Waals surface area (Å²) in [5, 5.41) is 0. The molecule has 0 aliphatic heterocycles. The fourth-order valence-corrected chi connectivity index (χ4v) is 1.49. The van der Waals surface area contributed by atoms with Crippen molar-refractivity contribution in [3.05, 3.63) is 12.2 Å². The molecule has 0 aliphatic carbocycles. The summed E-state index contributed by atoms with van der Waals surface area (Å²) in [6, 6.07) is 0. The molecule has 0 aromatic carbocycles. The average molecular weight is 352 g/mol. The van der Waals surface area contributed by atoms with E-state index in [0.29, 0.717) is 0 Å². The Hall–Kier alpha value is -0.970. The third-order valence-corrected chi connectivity index (χ3v) is 2.57. The van der Waals surface area contributed by atoms with E-state index in [2.05, 4.69) is 6.58 Å². The Bertz CT molecular complexity index is 322. The molecule has 14 heteroatoms. The minimum Gasteiger partial charge on any atom is -0.181 e. The maximum atomic E-state index is 12.2. The van der Waals surface area contributed by atoms with Crippen LogP contribution in [0.3, 0.4) is 0 Å². The molecular formula is C8H6B2F12. The van der Waals surface area contributed by atoms with Crippen molar-refractivity contribution < 1.29 is 52.7 Å². The van der Waals surface area contributed by atoms with Crippen LogP contribution in [0, 0.1) is 0 Å². The monoisotopic (exact) mass is 352 g/mol. The molecule has 0 aromatic heterocycles. The van der Waals surface area contributed by atoms with E-state index in [0.717, 1.165) is 0 Å². The van der Waals surface area contributed by atoms with Crippen LogP contribution in [0.25, 0.3) is 0 Å². The summed E-state index contributed by atoms with van der Waals surface area (Å²) < 4.78 is 146. The maximum absolute atomic E-state index is 12.2. The van der Waals surface area contributed by atoms with Gasteiger partial charge < -0.3 is 0 Å². The second kappa shape index (κ2) is 6.26. The molecule has 0 aromatic rings. The quantitative estimate of drug-likeness (QED) is 0.382. The number of rotatable bonds is 4. The van der Waals surface area contributed by atoms with Gasteiger partial charge in [-0.25, -0.2) is 0 Å². The summed E-state index contributed by atoms with van der Waals surface area (Å²) >= 11 is 0. The van der Waals surface area contributed by atoms with Gasteiger partial charge in [0.25, 0.3) is 0 Å². The summed E-state index contributed by atoms with van der Waals surface area (Å²) in [7, 11) is 0. The van der Waals surface area contributed by atoms with Crippen LogP contribution in [0.4, 0.5) is 52.7 Å². The van der Waals surface area contributed by atoms with Gasteiger partial charge in [-0.3, -0.25) is 0 Å². The van der Waals surface area contributed by atoms with Gasteiger partial charge >= 0.3 is 37.7 Å². The molecule has 0 heterocycles. The second-order valence-electron chi connectivity index (χ2n) is 4.43. The molecule has 0 spiro atoms. The molecule has 0 saturated heterocycles. The van der Waals surface area contributed by atoms with Crippen LogP contribution in [0.15, 0.2) is 12.2 Å². The predicted octanol–water partition coefficient (Wildman–Crippen LogP) is 4.94. The fourth-order valence-electron chi connectivity index (χ4n) is 1.49. The van der Waals surface area contributed by atoms with Crippen molar-refractivity contribution in [3.63, 3.8) is 0 Å². The molecular weight excluding hydrogens is 346 g/mol. The van der Waals surface area contributed by atoms with Crippen LogP contribution in [0.1, 0.15) is 0 Å². The van der Waals surface area contributed by atoms with Crippen LogP contribution in [-0.4, -0.2) is 37.7 Å². The van der Waals surface area contributed by atoms with Crippen molar-refractivity contribution in [1.82, 2.24) is 0 Å². The van der Waals surface area contributed by atoms with Gasteiger partial charge in [-0.05, 0) is 12.6 Å². The number of hydrogen-bond donors (Lipinski definition) is 0. The maximum Gasteiger partial charge on any atom is 0.404 e. The number of allylic oxidation sites excluding steroid dienone is 1. The molecule has 0 atom stereocenters. The molecule has 0 rings (SSSR count). The lowest BCUT2D eigenvalue weighted by molar-refractivity contribution is -0.104. The van der Waals surface area contributed by atoms with Crippen LogP contribution < -0.4 is 0 Å². The summed E-state index contributed by atoms with van der Waals surface area (Å²) in [5.41, 5.74) is -1.45. The van der Waals surface area contributed by atoms with Gasteiger partial charge in [0.1, 0.15) is 0 Å². The number of alkyl halides is 12. The Morgan fingerprint density at radius 1 is 0.545 bits per heavy atom. The summed E-state index contributed by atoms with van der Waals surface area (Å²) in [4.78, 5) is 0. The van der Waals surface area contributed by atoms with Crippen LogP contribution in [0.2, 0.25) is 12.6 Å². The second-order valence-corrected chi connectivity index (χ2v) is 4.43. The van der Waals surface area contributed by atoms with Crippen LogP contribution >= 0.6 is 0 Å². The van der Waals surface area contributed by atoms with Crippen molar-refractivity contribution in [3.8, 4) is 0 Å². The zero-order valence-electron chi connectivity index (χ0n) is 10.3. The standard InChI is InChI=1S/C8H6B2F12/c1-4(2-9(5(11,12)13)6(14,15)16)3-10(7(17,18)19)8(20,21)22/h1-3H2. The van der Waals surface area contributed by atoms with E-state index in [-0.39, 0.29) is 0 Å². The van der Waals surface area contributed by atoms with Gasteiger partial charge in [-0.1, -0.05) is 5.57 Å². The minimum absolute atomic E-state index is 1.45. The van der Waals surface area contributed by atoms with Gasteiger partial charge in [0.05, 0.1) is 0 Å². The van der Waals surface area contributed by atoms with Crippen molar-refractivity contribution in [2.45, 2.75) is 36.9 Å². The Balaban J connectivity index is 5.20. The molecule has 128 valence electrons. The van der Waals surface area contributed by atoms with Gasteiger partial charge in [0.15, 0.2) is 0 Å². The third-order valence-electron chi connectivity index (χ3n) is 2.57. The zero-order valence-corrected chi connectivity index (χ0v) is 10.3. The molecule has 0 radical (unpaired) electrons. The Kier molecular flexibility index (Phi) is 5.99. The molecule has 22 heavy (non-hydrogen) atoms. The van der Waals surface area contributed by atoms with Gasteiger partial charge in [-0.2, -0.15) is 52.7 Å². The van der Waals surface area contributed by atoms with E-state index < -0.39 is 55.9 Å². The first-order valence-electron chi connectivity index (χ1n) is 5.30. The first kappa shape index (κ1) is 21.0. The lowest BCUT2D eigenvalue weighted by Crippen LogP contribution is -2.49. The highest BCUT2D eigenvalue weighted by molar-refractivity contribution is 6.66. The van der Waals surface area contributed by atoms with Gasteiger partial charge in [0.2, 0.25) is 0 Å². The Labute approximate surface area is 116 Å². The highest BCUT2D eigenvalue weighted by atomic mass is 19.4. The zero-order chi connectivity index (χ0) is 18.1. The molecule has 0 nitrogen and oxygen atoms in total. The molecule has 0 unspecified atom stereocenters. The molecule has 0 amide bonds. The third kappa shape index (κ3) is 6.42. The molecule has 0 fully saturated rings. The lowest BCUT2D eigenvalue weighted by atomic mass is 9.39. The van der Waals surface area contributed by atoms with E-state index in [4.69, 9.17) is 0 Å². The smallest absolute Gasteiger partial charge is 0.181 e. The average Bonchev–Trinajstić information content (AvgIpc) is 2.15. The highest BCUT2D eigenvalue weighted by Crippen LogP contribution is 2.40. The molecule has 0 N–H and O–H groups in total. The van der Waals surface area contributed by atoms with Crippen LogP contribution in [-0.2, 0) is 0 Å². The van der Waals surface area contributed by atoms with Gasteiger partial charge in [-0.15, -0.1) is 6.58 Å². The van der Waals surface area contributed by atoms with Crippen molar-refractivity contribution in [2.24, 2.45) is 0 Å². The molecule has 0 bridgehead atoms.